The summed E-state index contributed by atoms with van der Waals surface area (Å²) < 4.78 is 0. The van der Waals surface area contributed by atoms with Crippen LogP contribution in [0.1, 0.15) is 69.7 Å². The van der Waals surface area contributed by atoms with Gasteiger partial charge in [0, 0.05) is 49.4 Å². The van der Waals surface area contributed by atoms with Gasteiger partial charge in [0.05, 0.1) is 0 Å². The fourth-order valence-electron chi connectivity index (χ4n) is 7.66. The van der Waals surface area contributed by atoms with Gasteiger partial charge in [-0.1, -0.05) is 134 Å². The van der Waals surface area contributed by atoms with Gasteiger partial charge in [-0.25, -0.2) is 9.59 Å². The molecule has 2 fully saturated rings. The molecule has 60 heavy (non-hydrogen) atoms. The first-order chi connectivity index (χ1) is 28.5. The third-order valence-corrected chi connectivity index (χ3v) is 11.8. The zero-order valence-corrected chi connectivity index (χ0v) is 35.7. The van der Waals surface area contributed by atoms with Gasteiger partial charge in [-0.05, 0) is 76.8 Å². The van der Waals surface area contributed by atoms with Crippen LogP contribution in [-0.4, -0.2) is 117 Å². The standard InChI is InChI=1S/C20H18O8.2C14H22N2/c1-11-3-7-13(8-4-11)15(21)19(27,17(23)24)20(28,18(25)26)16(22)14-9-5-12(2)6-10-14;2*1-12-8-9-16(11-14(12)15-2)10-13-6-4-3-5-7-13/h3-10,27-28H,1-2H3,(H,23,24)(H,25,26);2*3-7,12,14-15H,8-11H2,1-2H3/t19-,20-;2*12-,14+/m011/s1. The van der Waals surface area contributed by atoms with Crippen LogP contribution in [0.4, 0.5) is 0 Å². The molecule has 4 aromatic carbocycles. The van der Waals surface area contributed by atoms with Gasteiger partial charge in [0.1, 0.15) is 0 Å². The summed E-state index contributed by atoms with van der Waals surface area (Å²) in [4.78, 5) is 54.2. The van der Waals surface area contributed by atoms with E-state index in [0.717, 1.165) is 49.2 Å². The summed E-state index contributed by atoms with van der Waals surface area (Å²) in [6.45, 7) is 15.1. The lowest BCUT2D eigenvalue weighted by molar-refractivity contribution is -0.187. The molecule has 0 aromatic heterocycles. The van der Waals surface area contributed by atoms with Crippen molar-refractivity contribution < 1.29 is 39.6 Å². The summed E-state index contributed by atoms with van der Waals surface area (Å²) in [6.07, 6.45) is 2.61. The molecule has 12 heteroatoms. The van der Waals surface area contributed by atoms with Gasteiger partial charge in [-0.2, -0.15) is 0 Å². The quantitative estimate of drug-likeness (QED) is 0.0765. The average molecular weight is 823 g/mol. The number of hydrogen-bond acceptors (Lipinski definition) is 10. The van der Waals surface area contributed by atoms with Gasteiger partial charge < -0.3 is 31.1 Å². The highest BCUT2D eigenvalue weighted by Gasteiger charge is 2.69. The van der Waals surface area contributed by atoms with E-state index in [1.807, 2.05) is 0 Å². The Morgan fingerprint density at radius 3 is 1.17 bits per heavy atom. The molecule has 6 N–H and O–H groups in total. The summed E-state index contributed by atoms with van der Waals surface area (Å²) in [7, 11) is 4.15. The minimum absolute atomic E-state index is 0.383. The lowest BCUT2D eigenvalue weighted by atomic mass is 9.73. The Bertz CT molecular complexity index is 1850. The molecule has 0 spiro atoms. The topological polar surface area (TPSA) is 180 Å². The van der Waals surface area contributed by atoms with Crippen molar-refractivity contribution in [2.45, 2.75) is 76.9 Å². The second kappa shape index (κ2) is 22.0. The molecule has 2 saturated heterocycles. The molecule has 0 bridgehead atoms. The highest BCUT2D eigenvalue weighted by molar-refractivity contribution is 6.28. The van der Waals surface area contributed by atoms with Crippen LogP contribution in [0.15, 0.2) is 109 Å². The van der Waals surface area contributed by atoms with E-state index >= 15 is 0 Å². The lowest BCUT2D eigenvalue weighted by Crippen LogP contribution is -2.71. The van der Waals surface area contributed by atoms with E-state index < -0.39 is 34.7 Å². The Morgan fingerprint density at radius 2 is 0.883 bits per heavy atom. The van der Waals surface area contributed by atoms with Crippen molar-refractivity contribution >= 4 is 23.5 Å². The first kappa shape index (κ1) is 47.6. The Hall–Kier alpha value is -5.08. The maximum absolute atomic E-state index is 12.8. The fourth-order valence-corrected chi connectivity index (χ4v) is 7.66. The molecule has 0 amide bonds. The number of nitrogens with zero attached hydrogens (tertiary/aromatic N) is 2. The van der Waals surface area contributed by atoms with Gasteiger partial charge in [0.15, 0.2) is 0 Å². The van der Waals surface area contributed by atoms with Crippen LogP contribution >= 0.6 is 0 Å². The van der Waals surface area contributed by atoms with E-state index in [-0.39, 0.29) is 11.1 Å². The second-order valence-corrected chi connectivity index (χ2v) is 16.2. The summed E-state index contributed by atoms with van der Waals surface area (Å²) in [5.74, 6) is -6.41. The van der Waals surface area contributed by atoms with E-state index in [0.29, 0.717) is 23.2 Å². The van der Waals surface area contributed by atoms with Crippen LogP contribution in [-0.2, 0) is 22.7 Å². The van der Waals surface area contributed by atoms with Gasteiger partial charge in [0.2, 0.25) is 11.6 Å². The highest BCUT2D eigenvalue weighted by Crippen LogP contribution is 2.32. The van der Waals surface area contributed by atoms with E-state index in [1.54, 1.807) is 13.8 Å². The molecular formula is C48H62N4O8. The highest BCUT2D eigenvalue weighted by atomic mass is 16.5. The molecule has 12 nitrogen and oxygen atoms in total. The van der Waals surface area contributed by atoms with Crippen molar-refractivity contribution in [3.8, 4) is 0 Å². The van der Waals surface area contributed by atoms with Crippen molar-refractivity contribution in [3.63, 3.8) is 0 Å². The van der Waals surface area contributed by atoms with Gasteiger partial charge in [-0.15, -0.1) is 0 Å². The number of aryl methyl sites for hydroxylation is 2. The van der Waals surface area contributed by atoms with Crippen LogP contribution < -0.4 is 10.6 Å². The van der Waals surface area contributed by atoms with E-state index in [4.69, 9.17) is 0 Å². The molecule has 2 aliphatic heterocycles. The summed E-state index contributed by atoms with van der Waals surface area (Å²) >= 11 is 0. The number of piperidine rings is 2. The lowest BCUT2D eigenvalue weighted by Gasteiger charge is -2.37. The number of carboxylic acids is 2. The largest absolute Gasteiger partial charge is 0.479 e. The first-order valence-electron chi connectivity index (χ1n) is 20.6. The number of Topliss-reactive ketones (excluding diaryl/α,β-unsaturated/α-hetero) is 2. The Balaban J connectivity index is 0.000000212. The summed E-state index contributed by atoms with van der Waals surface area (Å²) in [5.41, 5.74) is -4.43. The second-order valence-electron chi connectivity index (χ2n) is 16.2. The van der Waals surface area contributed by atoms with Crippen LogP contribution in [0.25, 0.3) is 0 Å². The number of aliphatic carboxylic acids is 2. The molecule has 2 heterocycles. The normalized spacial score (nSPS) is 21.4. The Morgan fingerprint density at radius 1 is 0.567 bits per heavy atom. The van der Waals surface area contributed by atoms with Gasteiger partial charge in [-0.3, -0.25) is 19.4 Å². The smallest absolute Gasteiger partial charge is 0.348 e. The summed E-state index contributed by atoms with van der Waals surface area (Å²) in [5, 5.41) is 47.2. The Labute approximate surface area is 354 Å². The number of carboxylic acid groups (broad SMARTS) is 2. The molecule has 0 radical (unpaired) electrons. The first-order valence-corrected chi connectivity index (χ1v) is 20.6. The van der Waals surface area contributed by atoms with Crippen LogP contribution in [0.5, 0.6) is 0 Å². The number of carbonyl (C=O) groups is 4. The van der Waals surface area contributed by atoms with Crippen molar-refractivity contribution in [1.82, 2.24) is 20.4 Å². The number of carbonyl (C=O) groups excluding carboxylic acids is 2. The van der Waals surface area contributed by atoms with Crippen molar-refractivity contribution in [2.75, 3.05) is 40.3 Å². The van der Waals surface area contributed by atoms with E-state index in [1.165, 1.54) is 74.4 Å². The average Bonchev–Trinajstić information content (AvgIpc) is 3.25. The third kappa shape index (κ3) is 11.8. The molecule has 322 valence electrons. The fraction of sp³-hybridized carbons (Fsp3) is 0.417. The van der Waals surface area contributed by atoms with Gasteiger partial charge >= 0.3 is 11.9 Å². The minimum atomic E-state index is -3.96. The molecule has 4 aromatic rings. The van der Waals surface area contributed by atoms with Crippen LogP contribution in [0.3, 0.4) is 0 Å². The van der Waals surface area contributed by atoms with E-state index in [9.17, 15) is 39.6 Å². The van der Waals surface area contributed by atoms with Crippen molar-refractivity contribution in [1.29, 1.82) is 0 Å². The number of likely N-dealkylation sites (tertiary alicyclic amines) is 2. The molecule has 2 aliphatic rings. The number of ketones is 2. The van der Waals surface area contributed by atoms with E-state index in [2.05, 4.69) is 109 Å². The van der Waals surface area contributed by atoms with Crippen LogP contribution in [0, 0.1) is 25.7 Å². The molecule has 0 unspecified atom stereocenters. The Kier molecular flexibility index (Phi) is 17.4. The number of benzene rings is 4. The molecule has 0 aliphatic carbocycles. The number of hydrogen-bond donors (Lipinski definition) is 6. The van der Waals surface area contributed by atoms with Crippen molar-refractivity contribution in [3.05, 3.63) is 143 Å². The number of aliphatic hydroxyl groups is 2. The predicted octanol–water partition coefficient (Wildman–Crippen LogP) is 5.23. The zero-order valence-electron chi connectivity index (χ0n) is 35.7. The zero-order chi connectivity index (χ0) is 44.0. The predicted molar refractivity (Wildman–Crippen MR) is 233 cm³/mol. The number of nitrogens with one attached hydrogen (secondary N) is 2. The molecule has 6 rings (SSSR count). The number of rotatable bonds is 13. The maximum atomic E-state index is 12.8. The molecule has 0 saturated carbocycles. The number of likely N-dealkylation sites (N-methyl/N-ethyl adjacent to an activating group) is 2. The third-order valence-electron chi connectivity index (χ3n) is 11.8. The maximum Gasteiger partial charge on any atom is 0.348 e. The minimum Gasteiger partial charge on any atom is -0.479 e. The van der Waals surface area contributed by atoms with Gasteiger partial charge in [0.25, 0.3) is 11.2 Å². The van der Waals surface area contributed by atoms with Crippen LogP contribution in [0.2, 0.25) is 0 Å². The monoisotopic (exact) mass is 822 g/mol. The summed E-state index contributed by atoms with van der Waals surface area (Å²) in [6, 6.07) is 33.2. The van der Waals surface area contributed by atoms with Crippen molar-refractivity contribution in [2.24, 2.45) is 11.8 Å². The SMILES string of the molecule is CN[C@H]1CN(Cc2ccccc2)CC[C@H]1C.CN[C@H]1CN(Cc2ccccc2)CC[C@H]1C.Cc1ccc(C(=O)[C@](O)(C(=O)O)[C@@](O)(C(=O)O)C(=O)c2ccc(C)cc2)cc1. The molecule has 6 atom stereocenters. The molecular weight excluding hydrogens is 761 g/mol.